The van der Waals surface area contributed by atoms with E-state index in [1.54, 1.807) is 20.8 Å². The van der Waals surface area contributed by atoms with E-state index in [2.05, 4.69) is 0 Å². The van der Waals surface area contributed by atoms with Gasteiger partial charge in [0.2, 0.25) is 0 Å². The van der Waals surface area contributed by atoms with Gasteiger partial charge in [-0.05, 0) is 42.9 Å². The normalized spacial score (nSPS) is 28.2. The molecule has 0 aromatic heterocycles. The lowest BCUT2D eigenvalue weighted by atomic mass is 9.60. The number of hydrogen-bond acceptors (Lipinski definition) is 14. The lowest BCUT2D eigenvalue weighted by molar-refractivity contribution is -0.156. The fourth-order valence-corrected chi connectivity index (χ4v) is 6.33. The first-order valence-electron chi connectivity index (χ1n) is 15.5. The van der Waals surface area contributed by atoms with Crippen LogP contribution in [0.3, 0.4) is 0 Å². The molecule has 0 aromatic rings. The maximum absolute atomic E-state index is 12.7. The lowest BCUT2D eigenvalue weighted by Gasteiger charge is -2.48. The molecule has 0 saturated carbocycles. The van der Waals surface area contributed by atoms with Crippen molar-refractivity contribution < 1.29 is 66.7 Å². The smallest absolute Gasteiger partial charge is 0.307 e. The van der Waals surface area contributed by atoms with Crippen LogP contribution in [0.1, 0.15) is 89.0 Å². The summed E-state index contributed by atoms with van der Waals surface area (Å²) in [6.07, 6.45) is -4.63. The van der Waals surface area contributed by atoms with Crippen molar-refractivity contribution in [3.05, 3.63) is 34.1 Å². The van der Waals surface area contributed by atoms with Crippen molar-refractivity contribution in [1.29, 1.82) is 0 Å². The van der Waals surface area contributed by atoms with E-state index in [1.165, 1.54) is 33.8 Å². The second kappa shape index (κ2) is 16.6. The van der Waals surface area contributed by atoms with E-state index < -0.39 is 90.2 Å². The Kier molecular flexibility index (Phi) is 13.7. The Labute approximate surface area is 280 Å². The Bertz CT molecular complexity index is 1410. The first-order chi connectivity index (χ1) is 22.1. The topological polar surface area (TPSA) is 184 Å². The van der Waals surface area contributed by atoms with Gasteiger partial charge in [-0.2, -0.15) is 0 Å². The maximum atomic E-state index is 12.7. The summed E-state index contributed by atoms with van der Waals surface area (Å²) in [6, 6.07) is 0. The molecular weight excluding hydrogens is 632 g/mol. The predicted octanol–water partition coefficient (Wildman–Crippen LogP) is 3.74. The highest BCUT2D eigenvalue weighted by molar-refractivity contribution is 5.71. The van der Waals surface area contributed by atoms with Gasteiger partial charge in [0.25, 0.3) is 0 Å². The van der Waals surface area contributed by atoms with Crippen LogP contribution in [0, 0.1) is 11.3 Å². The highest BCUT2D eigenvalue weighted by atomic mass is 16.6. The van der Waals surface area contributed by atoms with Gasteiger partial charge in [-0.25, -0.2) is 0 Å². The Morgan fingerprint density at radius 2 is 1.10 bits per heavy atom. The molecule has 0 fully saturated rings. The van der Waals surface area contributed by atoms with Gasteiger partial charge in [0.05, 0.1) is 0 Å². The van der Waals surface area contributed by atoms with E-state index in [0.29, 0.717) is 11.1 Å². The van der Waals surface area contributed by atoms with Crippen LogP contribution in [0.4, 0.5) is 0 Å². The summed E-state index contributed by atoms with van der Waals surface area (Å²) in [7, 11) is 0. The number of rotatable bonds is 8. The van der Waals surface area contributed by atoms with E-state index in [0.717, 1.165) is 27.7 Å². The fraction of sp³-hybridized carbons (Fsp3) is 0.618. The zero-order valence-corrected chi connectivity index (χ0v) is 29.4. The molecular formula is C34H46O14. The van der Waals surface area contributed by atoms with Crippen molar-refractivity contribution in [3.63, 3.8) is 0 Å². The minimum Gasteiger partial charge on any atom is -0.461 e. The number of esters is 7. The molecule has 2 aliphatic carbocycles. The van der Waals surface area contributed by atoms with Crippen molar-refractivity contribution >= 4 is 41.8 Å². The van der Waals surface area contributed by atoms with Gasteiger partial charge in [0.15, 0.2) is 11.9 Å². The summed E-state index contributed by atoms with van der Waals surface area (Å²) in [5, 5.41) is 0. The first kappa shape index (κ1) is 39.7. The largest absolute Gasteiger partial charge is 0.461 e. The molecule has 48 heavy (non-hydrogen) atoms. The molecule has 6 atom stereocenters. The van der Waals surface area contributed by atoms with Crippen molar-refractivity contribution in [2.75, 3.05) is 6.61 Å². The minimum atomic E-state index is -1.42. The third kappa shape index (κ3) is 10.5. The van der Waals surface area contributed by atoms with E-state index in [-0.39, 0.29) is 29.7 Å². The van der Waals surface area contributed by atoms with Crippen LogP contribution in [0.25, 0.3) is 0 Å². The Morgan fingerprint density at radius 3 is 1.56 bits per heavy atom. The third-order valence-electron chi connectivity index (χ3n) is 8.19. The lowest BCUT2D eigenvalue weighted by Crippen LogP contribution is -2.49. The summed E-state index contributed by atoms with van der Waals surface area (Å²) < 4.78 is 39.9. The van der Waals surface area contributed by atoms with Gasteiger partial charge in [-0.3, -0.25) is 33.6 Å². The third-order valence-corrected chi connectivity index (χ3v) is 8.19. The zero-order valence-electron chi connectivity index (χ0n) is 29.4. The highest BCUT2D eigenvalue weighted by Crippen LogP contribution is 2.52. The van der Waals surface area contributed by atoms with Gasteiger partial charge in [-0.1, -0.05) is 13.8 Å². The maximum Gasteiger partial charge on any atom is 0.307 e. The standard InChI is InChI=1S/C34H46O14/c1-16-27(43-19(4)36)13-26-30(46-22(7)39)12-25(15-42-18(3)35)29(45-21(6)38)14-28(44-20(5)37)17(2)32(47-23(8)40)33(48-24(9)41)31(16)34(26,10)11/h12,26-30,33H,13-15H2,1-11H3/b25-12+,32-17+/t26-,27-,28-,29-,30-,33+/m0/s1. The number of ether oxygens (including phenoxy) is 7. The summed E-state index contributed by atoms with van der Waals surface area (Å²) in [5.41, 5.74) is 0.106. The summed E-state index contributed by atoms with van der Waals surface area (Å²) in [6.45, 7) is 14.6. The molecule has 0 N–H and O–H groups in total. The number of fused-ring (bicyclic) bond motifs is 2. The fourth-order valence-electron chi connectivity index (χ4n) is 6.33. The van der Waals surface area contributed by atoms with Gasteiger partial charge in [0.1, 0.15) is 31.0 Å². The van der Waals surface area contributed by atoms with E-state index in [4.69, 9.17) is 33.2 Å². The van der Waals surface area contributed by atoms with Gasteiger partial charge in [-0.15, -0.1) is 0 Å². The second-order valence-electron chi connectivity index (χ2n) is 12.4. The van der Waals surface area contributed by atoms with E-state index in [9.17, 15) is 33.6 Å². The average Bonchev–Trinajstić information content (AvgIpc) is 2.91. The Balaban J connectivity index is 3.25. The summed E-state index contributed by atoms with van der Waals surface area (Å²) in [5.74, 6) is -5.90. The van der Waals surface area contributed by atoms with E-state index >= 15 is 0 Å². The minimum absolute atomic E-state index is 0.115. The molecule has 14 heteroatoms. The van der Waals surface area contributed by atoms with Crippen LogP contribution in [0.15, 0.2) is 34.1 Å². The average molecular weight is 679 g/mol. The molecule has 0 aliphatic heterocycles. The molecule has 0 amide bonds. The Morgan fingerprint density at radius 1 is 0.625 bits per heavy atom. The molecule has 2 aliphatic rings. The van der Waals surface area contributed by atoms with Crippen molar-refractivity contribution in [2.45, 2.75) is 120 Å². The molecule has 266 valence electrons. The first-order valence-corrected chi connectivity index (χ1v) is 15.5. The molecule has 0 spiro atoms. The van der Waals surface area contributed by atoms with Gasteiger partial charge < -0.3 is 33.2 Å². The summed E-state index contributed by atoms with van der Waals surface area (Å²) >= 11 is 0. The molecule has 0 unspecified atom stereocenters. The molecule has 0 saturated heterocycles. The SMILES string of the molecule is CC(=O)OC/C1=C\[C@H](OC(C)=O)[C@@H]2C[C@H](OC(C)=O)C(C)=C([C@@H](OC(C)=O)/C(OC(C)=O)=C(/C)[C@@H](OC(C)=O)C[C@@H]1OC(C)=O)C2(C)C. The number of hydrogen-bond donors (Lipinski definition) is 0. The quantitative estimate of drug-likeness (QED) is 0.205. The van der Waals surface area contributed by atoms with Gasteiger partial charge in [0, 0.05) is 72.0 Å². The van der Waals surface area contributed by atoms with Gasteiger partial charge >= 0.3 is 41.8 Å². The van der Waals surface area contributed by atoms with Crippen LogP contribution in [-0.2, 0) is 66.7 Å². The highest BCUT2D eigenvalue weighted by Gasteiger charge is 2.51. The molecule has 2 rings (SSSR count). The molecule has 14 nitrogen and oxygen atoms in total. The predicted molar refractivity (Wildman–Crippen MR) is 166 cm³/mol. The van der Waals surface area contributed by atoms with Crippen LogP contribution in [0.5, 0.6) is 0 Å². The van der Waals surface area contributed by atoms with Crippen molar-refractivity contribution in [1.82, 2.24) is 0 Å². The van der Waals surface area contributed by atoms with Crippen LogP contribution in [0.2, 0.25) is 0 Å². The zero-order chi connectivity index (χ0) is 36.7. The molecule has 0 heterocycles. The number of carbonyl (C=O) groups excluding carboxylic acids is 7. The van der Waals surface area contributed by atoms with Crippen LogP contribution < -0.4 is 0 Å². The van der Waals surface area contributed by atoms with Crippen molar-refractivity contribution in [2.24, 2.45) is 11.3 Å². The summed E-state index contributed by atoms with van der Waals surface area (Å²) in [4.78, 5) is 87.1. The number of carbonyl (C=O) groups is 7. The van der Waals surface area contributed by atoms with E-state index in [1.807, 2.05) is 0 Å². The molecule has 0 radical (unpaired) electrons. The molecule has 0 aromatic carbocycles. The molecule has 2 bridgehead atoms. The Hall–Kier alpha value is -4.49. The second-order valence-corrected chi connectivity index (χ2v) is 12.4. The van der Waals surface area contributed by atoms with Crippen LogP contribution in [-0.4, -0.2) is 78.9 Å². The monoisotopic (exact) mass is 678 g/mol. The van der Waals surface area contributed by atoms with Crippen LogP contribution >= 0.6 is 0 Å². The van der Waals surface area contributed by atoms with Crippen molar-refractivity contribution in [3.8, 4) is 0 Å².